The first kappa shape index (κ1) is 16.0. The second kappa shape index (κ2) is 7.61. The van der Waals surface area contributed by atoms with Crippen molar-refractivity contribution in [3.8, 4) is 5.75 Å². The van der Waals surface area contributed by atoms with E-state index in [2.05, 4.69) is 46.3 Å². The summed E-state index contributed by atoms with van der Waals surface area (Å²) in [6, 6.07) is 8.11. The molecule has 0 bridgehead atoms. The van der Waals surface area contributed by atoms with Crippen molar-refractivity contribution >= 4 is 15.9 Å². The summed E-state index contributed by atoms with van der Waals surface area (Å²) in [5, 5.41) is 7.76. The van der Waals surface area contributed by atoms with Crippen LogP contribution in [-0.2, 0) is 26.1 Å². The van der Waals surface area contributed by atoms with Gasteiger partial charge in [0.1, 0.15) is 12.4 Å². The largest absolute Gasteiger partial charge is 0.487 e. The van der Waals surface area contributed by atoms with Crippen LogP contribution in [0.15, 0.2) is 28.7 Å². The van der Waals surface area contributed by atoms with Crippen molar-refractivity contribution in [1.29, 1.82) is 0 Å². The highest BCUT2D eigenvalue weighted by molar-refractivity contribution is 9.10. The molecule has 1 aromatic carbocycles. The lowest BCUT2D eigenvalue weighted by atomic mass is 10.2. The standard InChI is InChI=1S/C16H22BrN3O/c1-4-13-16(17)14(20(5-2)19-13)11-21-15-9-7-6-8-12(15)10-18-3/h6-9,18H,4-5,10-11H2,1-3H3. The topological polar surface area (TPSA) is 39.1 Å². The number of rotatable bonds is 7. The van der Waals surface area contributed by atoms with E-state index in [-0.39, 0.29) is 0 Å². The normalized spacial score (nSPS) is 10.9. The summed E-state index contributed by atoms with van der Waals surface area (Å²) in [6.45, 7) is 6.36. The van der Waals surface area contributed by atoms with E-state index in [1.165, 1.54) is 0 Å². The van der Waals surface area contributed by atoms with Gasteiger partial charge in [0.25, 0.3) is 0 Å². The molecule has 21 heavy (non-hydrogen) atoms. The van der Waals surface area contributed by atoms with Crippen LogP contribution in [-0.4, -0.2) is 16.8 Å². The Kier molecular flexibility index (Phi) is 5.82. The first-order valence-corrected chi connectivity index (χ1v) is 8.09. The Morgan fingerprint density at radius 3 is 2.71 bits per heavy atom. The molecular formula is C16H22BrN3O. The summed E-state index contributed by atoms with van der Waals surface area (Å²) in [6.07, 6.45) is 0.914. The molecule has 0 aliphatic heterocycles. The molecule has 1 N–H and O–H groups in total. The highest BCUT2D eigenvalue weighted by Crippen LogP contribution is 2.25. The molecule has 0 fully saturated rings. The molecule has 4 nitrogen and oxygen atoms in total. The number of halogens is 1. The molecule has 0 radical (unpaired) electrons. The third-order valence-electron chi connectivity index (χ3n) is 3.40. The zero-order valence-corrected chi connectivity index (χ0v) is 14.4. The third kappa shape index (κ3) is 3.66. The van der Waals surface area contributed by atoms with E-state index >= 15 is 0 Å². The van der Waals surface area contributed by atoms with E-state index in [1.807, 2.05) is 29.9 Å². The zero-order valence-electron chi connectivity index (χ0n) is 12.8. The van der Waals surface area contributed by atoms with Gasteiger partial charge < -0.3 is 10.1 Å². The van der Waals surface area contributed by atoms with Crippen LogP contribution < -0.4 is 10.1 Å². The van der Waals surface area contributed by atoms with Gasteiger partial charge in [0.05, 0.1) is 15.9 Å². The number of nitrogens with zero attached hydrogens (tertiary/aromatic N) is 2. The van der Waals surface area contributed by atoms with Crippen molar-refractivity contribution in [2.24, 2.45) is 0 Å². The van der Waals surface area contributed by atoms with Gasteiger partial charge >= 0.3 is 0 Å². The number of hydrogen-bond donors (Lipinski definition) is 1. The second-order valence-electron chi connectivity index (χ2n) is 4.80. The summed E-state index contributed by atoms with van der Waals surface area (Å²) >= 11 is 3.65. The number of benzene rings is 1. The molecule has 0 saturated heterocycles. The molecule has 5 heteroatoms. The van der Waals surface area contributed by atoms with Crippen LogP contribution in [0.4, 0.5) is 0 Å². The van der Waals surface area contributed by atoms with Gasteiger partial charge in [0.2, 0.25) is 0 Å². The van der Waals surface area contributed by atoms with Crippen LogP contribution in [0.25, 0.3) is 0 Å². The van der Waals surface area contributed by atoms with Crippen molar-refractivity contribution in [2.75, 3.05) is 7.05 Å². The maximum atomic E-state index is 6.03. The Morgan fingerprint density at radius 2 is 2.05 bits per heavy atom. The smallest absolute Gasteiger partial charge is 0.131 e. The van der Waals surface area contributed by atoms with E-state index in [0.29, 0.717) is 6.61 Å². The predicted molar refractivity (Wildman–Crippen MR) is 88.5 cm³/mol. The van der Waals surface area contributed by atoms with Crippen molar-refractivity contribution < 1.29 is 4.74 Å². The fourth-order valence-corrected chi connectivity index (χ4v) is 2.96. The summed E-state index contributed by atoms with van der Waals surface area (Å²) < 4.78 is 9.10. The first-order chi connectivity index (χ1) is 10.2. The maximum absolute atomic E-state index is 6.03. The molecule has 1 heterocycles. The number of ether oxygens (including phenoxy) is 1. The fraction of sp³-hybridized carbons (Fsp3) is 0.438. The van der Waals surface area contributed by atoms with Crippen molar-refractivity contribution in [1.82, 2.24) is 15.1 Å². The average Bonchev–Trinajstić information content (AvgIpc) is 2.82. The summed E-state index contributed by atoms with van der Waals surface area (Å²) in [5.41, 5.74) is 3.34. The Morgan fingerprint density at radius 1 is 1.29 bits per heavy atom. The van der Waals surface area contributed by atoms with Crippen LogP contribution >= 0.6 is 15.9 Å². The van der Waals surface area contributed by atoms with Crippen LogP contribution in [0.2, 0.25) is 0 Å². The van der Waals surface area contributed by atoms with E-state index in [4.69, 9.17) is 4.74 Å². The maximum Gasteiger partial charge on any atom is 0.131 e. The fourth-order valence-electron chi connectivity index (χ4n) is 2.28. The van der Waals surface area contributed by atoms with Gasteiger partial charge in [-0.3, -0.25) is 4.68 Å². The Bertz CT molecular complexity index is 595. The second-order valence-corrected chi connectivity index (χ2v) is 5.60. The molecule has 0 aliphatic carbocycles. The molecule has 0 saturated carbocycles. The van der Waals surface area contributed by atoms with Gasteiger partial charge in [-0.05, 0) is 42.4 Å². The van der Waals surface area contributed by atoms with Crippen LogP contribution in [0.5, 0.6) is 5.75 Å². The molecule has 0 amide bonds. The Hall–Kier alpha value is -1.33. The minimum absolute atomic E-state index is 0.516. The Balaban J connectivity index is 2.18. The SMILES string of the molecule is CCc1nn(CC)c(COc2ccccc2CNC)c1Br. The van der Waals surface area contributed by atoms with Crippen LogP contribution in [0.3, 0.4) is 0 Å². The van der Waals surface area contributed by atoms with Crippen LogP contribution in [0, 0.1) is 0 Å². The lowest BCUT2D eigenvalue weighted by molar-refractivity contribution is 0.288. The number of para-hydroxylation sites is 1. The number of aryl methyl sites for hydroxylation is 2. The summed E-state index contributed by atoms with van der Waals surface area (Å²) in [4.78, 5) is 0. The summed E-state index contributed by atoms with van der Waals surface area (Å²) in [5.74, 6) is 0.917. The molecule has 2 rings (SSSR count). The number of nitrogens with one attached hydrogen (secondary N) is 1. The molecule has 2 aromatic rings. The number of hydrogen-bond acceptors (Lipinski definition) is 3. The quantitative estimate of drug-likeness (QED) is 0.829. The van der Waals surface area contributed by atoms with Crippen molar-refractivity contribution in [2.45, 2.75) is 40.0 Å². The van der Waals surface area contributed by atoms with E-state index in [1.54, 1.807) is 0 Å². The van der Waals surface area contributed by atoms with Gasteiger partial charge in [0.15, 0.2) is 0 Å². The van der Waals surface area contributed by atoms with E-state index < -0.39 is 0 Å². The minimum Gasteiger partial charge on any atom is -0.487 e. The van der Waals surface area contributed by atoms with Gasteiger partial charge in [-0.1, -0.05) is 25.1 Å². The average molecular weight is 352 g/mol. The predicted octanol–water partition coefficient (Wildman–Crippen LogP) is 3.53. The lowest BCUT2D eigenvalue weighted by Gasteiger charge is -2.12. The highest BCUT2D eigenvalue weighted by atomic mass is 79.9. The number of aromatic nitrogens is 2. The van der Waals surface area contributed by atoms with Gasteiger partial charge in [0, 0.05) is 18.7 Å². The molecule has 0 aliphatic rings. The summed E-state index contributed by atoms with van der Waals surface area (Å²) in [7, 11) is 1.94. The minimum atomic E-state index is 0.516. The third-order valence-corrected chi connectivity index (χ3v) is 4.31. The van der Waals surface area contributed by atoms with Crippen LogP contribution in [0.1, 0.15) is 30.8 Å². The van der Waals surface area contributed by atoms with E-state index in [0.717, 1.165) is 46.7 Å². The van der Waals surface area contributed by atoms with Gasteiger partial charge in [-0.25, -0.2) is 0 Å². The Labute approximate surface area is 134 Å². The molecule has 0 atom stereocenters. The van der Waals surface area contributed by atoms with E-state index in [9.17, 15) is 0 Å². The molecule has 1 aromatic heterocycles. The van der Waals surface area contributed by atoms with Crippen molar-refractivity contribution in [3.05, 3.63) is 45.7 Å². The molecule has 0 spiro atoms. The van der Waals surface area contributed by atoms with Crippen molar-refractivity contribution in [3.63, 3.8) is 0 Å². The highest BCUT2D eigenvalue weighted by Gasteiger charge is 2.14. The van der Waals surface area contributed by atoms with Gasteiger partial charge in [-0.2, -0.15) is 5.10 Å². The lowest BCUT2D eigenvalue weighted by Crippen LogP contribution is -2.10. The molecular weight excluding hydrogens is 330 g/mol. The first-order valence-electron chi connectivity index (χ1n) is 7.30. The molecule has 114 valence electrons. The molecule has 0 unspecified atom stereocenters. The van der Waals surface area contributed by atoms with Gasteiger partial charge in [-0.15, -0.1) is 0 Å². The monoisotopic (exact) mass is 351 g/mol. The zero-order chi connectivity index (χ0) is 15.2.